The van der Waals surface area contributed by atoms with Gasteiger partial charge in [0.05, 0.1) is 5.56 Å². The molecule has 0 amide bonds. The summed E-state index contributed by atoms with van der Waals surface area (Å²) >= 11 is 0. The molecule has 0 atom stereocenters. The fourth-order valence-corrected chi connectivity index (χ4v) is 4.49. The van der Waals surface area contributed by atoms with Crippen molar-refractivity contribution in [3.05, 3.63) is 107 Å². The van der Waals surface area contributed by atoms with Crippen molar-refractivity contribution < 1.29 is 28.5 Å². The van der Waals surface area contributed by atoms with Crippen molar-refractivity contribution in [2.75, 3.05) is 0 Å². The molecule has 38 heavy (non-hydrogen) atoms. The topological polar surface area (TPSA) is 78.9 Å². The summed E-state index contributed by atoms with van der Waals surface area (Å²) in [5, 5.41) is 0. The molecule has 0 fully saturated rings. The Morgan fingerprint density at radius 3 is 1.79 bits per heavy atom. The van der Waals surface area contributed by atoms with Crippen LogP contribution in [-0.4, -0.2) is 11.9 Å². The van der Waals surface area contributed by atoms with E-state index in [4.69, 9.17) is 18.9 Å². The molecule has 6 heteroatoms. The van der Waals surface area contributed by atoms with E-state index in [2.05, 4.69) is 6.07 Å². The molecular formula is C32H28O6. The summed E-state index contributed by atoms with van der Waals surface area (Å²) in [6.45, 7) is 10.1. The molecule has 0 radical (unpaired) electrons. The molecule has 5 aromatic rings. The number of hydrogen-bond acceptors (Lipinski definition) is 6. The van der Waals surface area contributed by atoms with Gasteiger partial charge in [-0.1, -0.05) is 86.5 Å². The number of benzene rings is 4. The Bertz CT molecular complexity index is 1660. The Kier molecular flexibility index (Phi) is 6.41. The molecule has 4 aromatic carbocycles. The molecule has 0 aliphatic heterocycles. The van der Waals surface area contributed by atoms with E-state index >= 15 is 0 Å². The summed E-state index contributed by atoms with van der Waals surface area (Å²) in [6.07, 6.45) is 0. The van der Waals surface area contributed by atoms with E-state index in [0.717, 1.165) is 38.9 Å². The van der Waals surface area contributed by atoms with Crippen LogP contribution < -0.4 is 0 Å². The molecule has 0 spiro atoms. The maximum atomic E-state index is 13.0. The first kappa shape index (κ1) is 25.1. The predicted molar refractivity (Wildman–Crippen MR) is 145 cm³/mol. The molecule has 1 aromatic heterocycles. The fraction of sp³-hybridized carbons (Fsp3) is 0.188. The zero-order chi connectivity index (χ0) is 27.0. The Hall–Kier alpha value is -4.58. The van der Waals surface area contributed by atoms with Crippen LogP contribution >= 0.6 is 0 Å². The molecule has 0 saturated heterocycles. The van der Waals surface area contributed by atoms with Crippen molar-refractivity contribution in [2.24, 2.45) is 0 Å². The normalized spacial score (nSPS) is 11.5. The van der Waals surface area contributed by atoms with E-state index in [9.17, 15) is 9.59 Å². The third-order valence-corrected chi connectivity index (χ3v) is 6.46. The van der Waals surface area contributed by atoms with E-state index in [1.165, 1.54) is 0 Å². The van der Waals surface area contributed by atoms with Crippen molar-refractivity contribution in [2.45, 2.75) is 40.0 Å². The van der Waals surface area contributed by atoms with Crippen LogP contribution in [0.25, 0.3) is 33.4 Å². The van der Waals surface area contributed by atoms with Gasteiger partial charge in [-0.3, -0.25) is 9.15 Å². The van der Waals surface area contributed by atoms with E-state index in [0.29, 0.717) is 11.1 Å². The summed E-state index contributed by atoms with van der Waals surface area (Å²) in [4.78, 5) is 35.8. The van der Waals surface area contributed by atoms with Crippen molar-refractivity contribution >= 4 is 23.1 Å². The molecule has 0 bridgehead atoms. The van der Waals surface area contributed by atoms with Crippen LogP contribution in [0, 0.1) is 13.8 Å². The Morgan fingerprint density at radius 1 is 0.632 bits per heavy atom. The van der Waals surface area contributed by atoms with Crippen LogP contribution in [0.5, 0.6) is 0 Å². The molecule has 0 saturated carbocycles. The Morgan fingerprint density at radius 2 is 1.18 bits per heavy atom. The van der Waals surface area contributed by atoms with Gasteiger partial charge in [0.25, 0.3) is 0 Å². The molecule has 0 N–H and O–H groups in total. The molecule has 1 heterocycles. The third kappa shape index (κ3) is 4.85. The molecule has 0 aliphatic rings. The van der Waals surface area contributed by atoms with Gasteiger partial charge >= 0.3 is 11.9 Å². The lowest BCUT2D eigenvalue weighted by Gasteiger charge is -2.23. The maximum Gasteiger partial charge on any atom is 0.390 e. The minimum Gasteiger partial charge on any atom is -0.285 e. The van der Waals surface area contributed by atoms with Crippen LogP contribution in [-0.2, 0) is 15.2 Å². The minimum absolute atomic E-state index is 0.0984. The zero-order valence-electron chi connectivity index (χ0n) is 22.0. The van der Waals surface area contributed by atoms with Crippen molar-refractivity contribution in [1.82, 2.24) is 0 Å². The number of hydrogen-bond donors (Lipinski definition) is 0. The highest BCUT2D eigenvalue weighted by molar-refractivity contribution is 6.05. The summed E-state index contributed by atoms with van der Waals surface area (Å²) in [7, 11) is 0. The van der Waals surface area contributed by atoms with Crippen LogP contribution in [0.15, 0.2) is 88.0 Å². The maximum absolute atomic E-state index is 13.0. The highest BCUT2D eigenvalue weighted by Crippen LogP contribution is 2.35. The van der Waals surface area contributed by atoms with Crippen LogP contribution in [0.1, 0.15) is 58.2 Å². The average Bonchev–Trinajstić information content (AvgIpc) is 2.86. The Labute approximate surface area is 220 Å². The first-order chi connectivity index (χ1) is 18.1. The largest absolute Gasteiger partial charge is 0.390 e. The summed E-state index contributed by atoms with van der Waals surface area (Å²) in [5.74, 6) is -1.62. The molecule has 5 rings (SSSR count). The van der Waals surface area contributed by atoms with Crippen molar-refractivity contribution in [3.63, 3.8) is 0 Å². The van der Waals surface area contributed by atoms with Gasteiger partial charge in [0.1, 0.15) is 5.56 Å². The predicted octanol–water partition coefficient (Wildman–Crippen LogP) is 8.20. The lowest BCUT2D eigenvalue weighted by atomic mass is 9.82. The van der Waals surface area contributed by atoms with Crippen molar-refractivity contribution in [1.29, 1.82) is 0 Å². The van der Waals surface area contributed by atoms with Crippen LogP contribution in [0.3, 0.4) is 0 Å². The van der Waals surface area contributed by atoms with Gasteiger partial charge in [0.15, 0.2) is 0 Å². The smallest absolute Gasteiger partial charge is 0.285 e. The van der Waals surface area contributed by atoms with Crippen LogP contribution in [0.4, 0.5) is 0 Å². The molecular weight excluding hydrogens is 480 g/mol. The van der Waals surface area contributed by atoms with E-state index in [1.54, 1.807) is 18.2 Å². The monoisotopic (exact) mass is 508 g/mol. The standard InChI is InChI=1S/C32H28O6/c1-19-8-6-10-21(16-19)22-12-13-25(27(18-22)32(3,4)5)30(33)37-38-31(34)26-15-14-24(28-29(26)36-35-28)23-11-7-9-20(2)17-23/h6-18H,1-5H3. The van der Waals surface area contributed by atoms with Gasteiger partial charge in [-0.15, -0.1) is 0 Å². The lowest BCUT2D eigenvalue weighted by Crippen LogP contribution is -2.20. The Balaban J connectivity index is 1.36. The summed E-state index contributed by atoms with van der Waals surface area (Å²) in [5.41, 5.74) is 7.49. The van der Waals surface area contributed by atoms with Gasteiger partial charge in [0.2, 0.25) is 11.2 Å². The second kappa shape index (κ2) is 9.71. The van der Waals surface area contributed by atoms with E-state index < -0.39 is 11.9 Å². The van der Waals surface area contributed by atoms with Gasteiger partial charge < -0.3 is 0 Å². The van der Waals surface area contributed by atoms with Gasteiger partial charge in [-0.2, -0.15) is 0 Å². The number of aryl methyl sites for hydroxylation is 2. The lowest BCUT2D eigenvalue weighted by molar-refractivity contribution is -0.187. The second-order valence-electron chi connectivity index (χ2n) is 10.5. The number of fused-ring (bicyclic) bond motifs is 1. The summed E-state index contributed by atoms with van der Waals surface area (Å²) in [6, 6.07) is 24.9. The second-order valence-corrected chi connectivity index (χ2v) is 10.5. The number of carbonyl (C=O) groups excluding carboxylic acids is 2. The zero-order valence-corrected chi connectivity index (χ0v) is 22.0. The van der Waals surface area contributed by atoms with Gasteiger partial charge in [-0.05, 0) is 65.8 Å². The van der Waals surface area contributed by atoms with Gasteiger partial charge in [-0.25, -0.2) is 19.4 Å². The third-order valence-electron chi connectivity index (χ3n) is 6.46. The molecule has 192 valence electrons. The van der Waals surface area contributed by atoms with E-state index in [-0.39, 0.29) is 16.6 Å². The van der Waals surface area contributed by atoms with E-state index in [1.807, 2.05) is 89.2 Å². The highest BCUT2D eigenvalue weighted by atomic mass is 17.2. The van der Waals surface area contributed by atoms with Gasteiger partial charge in [0, 0.05) is 5.56 Å². The summed E-state index contributed by atoms with van der Waals surface area (Å²) < 4.78 is 10.3. The first-order valence-corrected chi connectivity index (χ1v) is 12.3. The number of carbonyl (C=O) groups is 2. The fourth-order valence-electron chi connectivity index (χ4n) is 4.49. The molecule has 6 nitrogen and oxygen atoms in total. The van der Waals surface area contributed by atoms with Crippen molar-refractivity contribution in [3.8, 4) is 22.3 Å². The molecule has 0 aliphatic carbocycles. The highest BCUT2D eigenvalue weighted by Gasteiger charge is 2.27. The molecule has 0 unspecified atom stereocenters. The SMILES string of the molecule is Cc1cccc(-c2ccc(C(=O)OOC(=O)c3ccc(-c4cccc(C)c4)c4ooc34)c(C(C)(C)C)c2)c1. The number of rotatable bonds is 4. The van der Waals surface area contributed by atoms with Crippen LogP contribution in [0.2, 0.25) is 0 Å². The first-order valence-electron chi connectivity index (χ1n) is 12.3. The quantitative estimate of drug-likeness (QED) is 0.180. The average molecular weight is 509 g/mol. The minimum atomic E-state index is -0.859.